The van der Waals surface area contributed by atoms with Crippen LogP contribution >= 0.6 is 15.9 Å². The maximum atomic E-state index is 12.0. The fraction of sp³-hybridized carbons (Fsp3) is 0.438. The monoisotopic (exact) mass is 334 g/mol. The second-order valence-electron chi connectivity index (χ2n) is 5.64. The zero-order chi connectivity index (χ0) is 13.9. The molecule has 0 aliphatic carbocycles. The van der Waals surface area contributed by atoms with Gasteiger partial charge in [-0.2, -0.15) is 0 Å². The molecule has 0 spiro atoms. The molecule has 3 fully saturated rings. The van der Waals surface area contributed by atoms with Crippen LogP contribution in [0.15, 0.2) is 34.8 Å². The highest BCUT2D eigenvalue weighted by Crippen LogP contribution is 2.27. The van der Waals surface area contributed by atoms with Crippen molar-refractivity contribution in [3.63, 3.8) is 0 Å². The van der Waals surface area contributed by atoms with Crippen LogP contribution in [0, 0.1) is 5.92 Å². The minimum Gasteiger partial charge on any atom is -0.348 e. The topological polar surface area (TPSA) is 32.3 Å². The lowest BCUT2D eigenvalue weighted by Gasteiger charge is -2.44. The Hall–Kier alpha value is -1.13. The smallest absolute Gasteiger partial charge is 0.244 e. The molecule has 1 amide bonds. The van der Waals surface area contributed by atoms with E-state index in [0.29, 0.717) is 12.0 Å². The predicted molar refractivity (Wildman–Crippen MR) is 84.3 cm³/mol. The number of carbonyl (C=O) groups excluding carboxylic acids is 1. The van der Waals surface area contributed by atoms with Gasteiger partial charge in [0.1, 0.15) is 0 Å². The molecule has 106 valence electrons. The molecular formula is C16H19BrN2O. The molecule has 4 heteroatoms. The first-order valence-electron chi connectivity index (χ1n) is 7.17. The number of nitrogens with one attached hydrogen (secondary N) is 1. The summed E-state index contributed by atoms with van der Waals surface area (Å²) in [5, 5.41) is 3.16. The predicted octanol–water partition coefficient (Wildman–Crippen LogP) is 2.67. The zero-order valence-corrected chi connectivity index (χ0v) is 13.0. The number of hydrogen-bond acceptors (Lipinski definition) is 2. The lowest BCUT2D eigenvalue weighted by molar-refractivity contribution is -0.118. The van der Waals surface area contributed by atoms with Crippen LogP contribution in [0.5, 0.6) is 0 Å². The number of nitrogens with zero attached hydrogens (tertiary/aromatic N) is 1. The van der Waals surface area contributed by atoms with E-state index in [-0.39, 0.29) is 5.91 Å². The van der Waals surface area contributed by atoms with Gasteiger partial charge in [-0.15, -0.1) is 0 Å². The third-order valence-corrected chi connectivity index (χ3v) is 4.75. The summed E-state index contributed by atoms with van der Waals surface area (Å²) in [6, 6.07) is 8.26. The van der Waals surface area contributed by atoms with Crippen LogP contribution in [-0.2, 0) is 4.79 Å². The van der Waals surface area contributed by atoms with Gasteiger partial charge in [0.05, 0.1) is 0 Å². The minimum absolute atomic E-state index is 0.0173. The number of fused-ring (bicyclic) bond motifs is 3. The third kappa shape index (κ3) is 3.30. The molecule has 3 aliphatic rings. The number of amides is 1. The van der Waals surface area contributed by atoms with Gasteiger partial charge in [0.15, 0.2) is 0 Å². The first-order valence-corrected chi connectivity index (χ1v) is 7.96. The average Bonchev–Trinajstić information content (AvgIpc) is 2.46. The van der Waals surface area contributed by atoms with Crippen LogP contribution in [0.25, 0.3) is 6.08 Å². The highest BCUT2D eigenvalue weighted by Gasteiger charge is 2.34. The van der Waals surface area contributed by atoms with E-state index in [0.717, 1.165) is 16.6 Å². The molecule has 0 saturated carbocycles. The Kier molecular flexibility index (Phi) is 4.22. The van der Waals surface area contributed by atoms with Gasteiger partial charge in [0, 0.05) is 23.1 Å². The van der Waals surface area contributed by atoms with Crippen LogP contribution in [0.1, 0.15) is 18.4 Å². The molecule has 1 aromatic rings. The molecular weight excluding hydrogens is 316 g/mol. The Morgan fingerprint density at radius 3 is 2.80 bits per heavy atom. The Balaban J connectivity index is 1.57. The Bertz CT molecular complexity index is 521. The molecule has 1 N–H and O–H groups in total. The van der Waals surface area contributed by atoms with Crippen LogP contribution in [-0.4, -0.2) is 36.5 Å². The fourth-order valence-electron chi connectivity index (χ4n) is 3.14. The number of carbonyl (C=O) groups is 1. The molecule has 3 aliphatic heterocycles. The first-order chi connectivity index (χ1) is 9.70. The van der Waals surface area contributed by atoms with Crippen LogP contribution in [0.4, 0.5) is 0 Å². The van der Waals surface area contributed by atoms with E-state index in [9.17, 15) is 4.79 Å². The lowest BCUT2D eigenvalue weighted by atomic mass is 9.84. The van der Waals surface area contributed by atoms with E-state index in [4.69, 9.17) is 0 Å². The summed E-state index contributed by atoms with van der Waals surface area (Å²) in [7, 11) is 0. The van der Waals surface area contributed by atoms with E-state index >= 15 is 0 Å². The van der Waals surface area contributed by atoms with Crippen molar-refractivity contribution >= 4 is 27.9 Å². The summed E-state index contributed by atoms with van der Waals surface area (Å²) >= 11 is 3.43. The summed E-state index contributed by atoms with van der Waals surface area (Å²) in [5.41, 5.74) is 1.03. The minimum atomic E-state index is 0.0173. The van der Waals surface area contributed by atoms with Crippen LogP contribution in [0.2, 0.25) is 0 Å². The molecule has 2 bridgehead atoms. The molecule has 1 atom stereocenters. The molecule has 3 nitrogen and oxygen atoms in total. The van der Waals surface area contributed by atoms with E-state index in [1.165, 1.54) is 25.9 Å². The van der Waals surface area contributed by atoms with E-state index in [1.807, 2.05) is 30.3 Å². The normalized spacial score (nSPS) is 28.8. The molecule has 1 aromatic carbocycles. The standard InChI is InChI=1S/C16H19BrN2O/c17-14-3-1-2-12(10-14)4-5-16(20)18-15-11-19-8-6-13(15)7-9-19/h1-5,10,13,15H,6-9,11H2,(H,18,20)/b5-4+. The summed E-state index contributed by atoms with van der Waals surface area (Å²) in [6.45, 7) is 3.41. The van der Waals surface area contributed by atoms with Crippen molar-refractivity contribution in [1.82, 2.24) is 10.2 Å². The van der Waals surface area contributed by atoms with Crippen molar-refractivity contribution in [2.45, 2.75) is 18.9 Å². The average molecular weight is 335 g/mol. The van der Waals surface area contributed by atoms with E-state index in [1.54, 1.807) is 6.08 Å². The number of hydrogen-bond donors (Lipinski definition) is 1. The third-order valence-electron chi connectivity index (χ3n) is 4.26. The second-order valence-corrected chi connectivity index (χ2v) is 6.56. The van der Waals surface area contributed by atoms with E-state index < -0.39 is 0 Å². The summed E-state index contributed by atoms with van der Waals surface area (Å²) in [5.74, 6) is 0.687. The number of piperidine rings is 3. The van der Waals surface area contributed by atoms with Gasteiger partial charge in [-0.3, -0.25) is 4.79 Å². The largest absolute Gasteiger partial charge is 0.348 e. The van der Waals surface area contributed by atoms with Gasteiger partial charge in [-0.1, -0.05) is 28.1 Å². The summed E-state index contributed by atoms with van der Waals surface area (Å²) < 4.78 is 1.03. The van der Waals surface area contributed by atoms with Crippen molar-refractivity contribution in [3.05, 3.63) is 40.4 Å². The van der Waals surface area contributed by atoms with Crippen molar-refractivity contribution in [1.29, 1.82) is 0 Å². The molecule has 3 heterocycles. The molecule has 0 radical (unpaired) electrons. The highest BCUT2D eigenvalue weighted by molar-refractivity contribution is 9.10. The van der Waals surface area contributed by atoms with Crippen molar-refractivity contribution < 1.29 is 4.79 Å². The SMILES string of the molecule is O=C(/C=C/c1cccc(Br)c1)NC1CN2CCC1CC2. The van der Waals surface area contributed by atoms with Gasteiger partial charge in [0.2, 0.25) is 5.91 Å². The molecule has 20 heavy (non-hydrogen) atoms. The molecule has 0 aromatic heterocycles. The molecule has 3 saturated heterocycles. The van der Waals surface area contributed by atoms with Gasteiger partial charge >= 0.3 is 0 Å². The second kappa shape index (κ2) is 6.10. The Labute approximate surface area is 128 Å². The maximum Gasteiger partial charge on any atom is 0.244 e. The number of benzene rings is 1. The number of halogens is 1. The van der Waals surface area contributed by atoms with Gasteiger partial charge in [-0.25, -0.2) is 0 Å². The molecule has 1 unspecified atom stereocenters. The van der Waals surface area contributed by atoms with E-state index in [2.05, 4.69) is 26.1 Å². The molecule has 4 rings (SSSR count). The highest BCUT2D eigenvalue weighted by atomic mass is 79.9. The lowest BCUT2D eigenvalue weighted by Crippen LogP contribution is -2.57. The summed E-state index contributed by atoms with van der Waals surface area (Å²) in [4.78, 5) is 14.5. The number of rotatable bonds is 3. The zero-order valence-electron chi connectivity index (χ0n) is 11.4. The van der Waals surface area contributed by atoms with Crippen LogP contribution in [0.3, 0.4) is 0 Å². The van der Waals surface area contributed by atoms with Gasteiger partial charge < -0.3 is 10.2 Å². The Morgan fingerprint density at radius 1 is 1.35 bits per heavy atom. The first kappa shape index (κ1) is 13.8. The fourth-order valence-corrected chi connectivity index (χ4v) is 3.56. The van der Waals surface area contributed by atoms with Crippen molar-refractivity contribution in [3.8, 4) is 0 Å². The summed E-state index contributed by atoms with van der Waals surface area (Å²) in [6.07, 6.45) is 5.95. The van der Waals surface area contributed by atoms with Gasteiger partial charge in [0.25, 0.3) is 0 Å². The van der Waals surface area contributed by atoms with Gasteiger partial charge in [-0.05, 0) is 55.6 Å². The maximum absolute atomic E-state index is 12.0. The quantitative estimate of drug-likeness (QED) is 0.862. The van der Waals surface area contributed by atoms with Crippen molar-refractivity contribution in [2.75, 3.05) is 19.6 Å². The van der Waals surface area contributed by atoms with Crippen molar-refractivity contribution in [2.24, 2.45) is 5.92 Å². The Morgan fingerprint density at radius 2 is 2.15 bits per heavy atom. The van der Waals surface area contributed by atoms with Crippen LogP contribution < -0.4 is 5.32 Å².